The zero-order valence-corrected chi connectivity index (χ0v) is 7.92. The van der Waals surface area contributed by atoms with Crippen LogP contribution in [0.1, 0.15) is 25.7 Å². The molecule has 4 heteroatoms. The van der Waals surface area contributed by atoms with Crippen molar-refractivity contribution in [1.82, 2.24) is 5.32 Å². The molecule has 76 valence electrons. The fourth-order valence-electron chi connectivity index (χ4n) is 1.41. The number of esters is 1. The quantitative estimate of drug-likeness (QED) is 0.480. The molecule has 1 aliphatic rings. The van der Waals surface area contributed by atoms with Crippen LogP contribution in [0.15, 0.2) is 0 Å². The van der Waals surface area contributed by atoms with Crippen LogP contribution in [-0.2, 0) is 9.53 Å². The summed E-state index contributed by atoms with van der Waals surface area (Å²) in [7, 11) is 0. The van der Waals surface area contributed by atoms with Crippen molar-refractivity contribution in [2.75, 3.05) is 19.7 Å². The molecule has 0 aromatic heterocycles. The van der Waals surface area contributed by atoms with E-state index < -0.39 is 0 Å². The van der Waals surface area contributed by atoms with Gasteiger partial charge in [0, 0.05) is 0 Å². The number of nitrogens with two attached hydrogens (primary N) is 1. The van der Waals surface area contributed by atoms with E-state index in [0.717, 1.165) is 32.2 Å². The second-order valence-corrected chi connectivity index (χ2v) is 3.31. The fraction of sp³-hybridized carbons (Fsp3) is 0.889. The maximum atomic E-state index is 11.3. The minimum atomic E-state index is -0.117. The van der Waals surface area contributed by atoms with Gasteiger partial charge in [-0.25, -0.2) is 0 Å². The number of carbonyl (C=O) groups excluding carboxylic acids is 1. The summed E-state index contributed by atoms with van der Waals surface area (Å²) >= 11 is 0. The van der Waals surface area contributed by atoms with Gasteiger partial charge in [-0.2, -0.15) is 0 Å². The predicted octanol–water partition coefficient (Wildman–Crippen LogP) is 0.0205. The molecule has 0 saturated carbocycles. The third-order valence-corrected chi connectivity index (χ3v) is 2.19. The van der Waals surface area contributed by atoms with E-state index in [1.165, 1.54) is 0 Å². The van der Waals surface area contributed by atoms with Gasteiger partial charge in [0.05, 0.1) is 6.61 Å². The first kappa shape index (κ1) is 10.5. The van der Waals surface area contributed by atoms with Crippen molar-refractivity contribution >= 4 is 5.97 Å². The molecule has 1 saturated heterocycles. The van der Waals surface area contributed by atoms with Gasteiger partial charge in [-0.05, 0) is 32.4 Å². The van der Waals surface area contributed by atoms with Crippen LogP contribution in [0.2, 0.25) is 0 Å². The molecule has 1 rings (SSSR count). The van der Waals surface area contributed by atoms with Crippen molar-refractivity contribution in [3.05, 3.63) is 0 Å². The van der Waals surface area contributed by atoms with Gasteiger partial charge in [-0.1, -0.05) is 6.42 Å². The molecule has 1 unspecified atom stereocenters. The Hall–Kier alpha value is -0.610. The van der Waals surface area contributed by atoms with Gasteiger partial charge in [0.2, 0.25) is 0 Å². The molecule has 0 bridgehead atoms. The number of piperidine rings is 1. The molecule has 1 heterocycles. The van der Waals surface area contributed by atoms with Crippen LogP contribution in [0.5, 0.6) is 0 Å². The highest BCUT2D eigenvalue weighted by Crippen LogP contribution is 2.08. The first-order valence-corrected chi connectivity index (χ1v) is 4.94. The number of ether oxygens (including phenoxy) is 1. The van der Waals surface area contributed by atoms with Gasteiger partial charge >= 0.3 is 5.97 Å². The number of hydrogen-bond acceptors (Lipinski definition) is 4. The van der Waals surface area contributed by atoms with Crippen LogP contribution in [0.25, 0.3) is 0 Å². The normalized spacial score (nSPS) is 22.7. The SMILES string of the molecule is NCCCOC(=O)C1CCCCN1. The summed E-state index contributed by atoms with van der Waals surface area (Å²) < 4.78 is 5.04. The molecular formula is C9H18N2O2. The first-order valence-electron chi connectivity index (χ1n) is 4.94. The van der Waals surface area contributed by atoms with Gasteiger partial charge in [-0.15, -0.1) is 0 Å². The summed E-state index contributed by atoms with van der Waals surface area (Å²) in [5.41, 5.74) is 5.29. The van der Waals surface area contributed by atoms with Crippen molar-refractivity contribution in [2.45, 2.75) is 31.7 Å². The van der Waals surface area contributed by atoms with Crippen LogP contribution in [0.4, 0.5) is 0 Å². The van der Waals surface area contributed by atoms with E-state index in [1.807, 2.05) is 0 Å². The Kier molecular flexibility index (Phi) is 4.78. The largest absolute Gasteiger partial charge is 0.464 e. The Morgan fingerprint density at radius 3 is 3.00 bits per heavy atom. The Morgan fingerprint density at radius 1 is 1.54 bits per heavy atom. The van der Waals surface area contributed by atoms with Crippen LogP contribution in [0.3, 0.4) is 0 Å². The van der Waals surface area contributed by atoms with Gasteiger partial charge in [-0.3, -0.25) is 4.79 Å². The number of carbonyl (C=O) groups is 1. The van der Waals surface area contributed by atoms with Crippen molar-refractivity contribution in [3.63, 3.8) is 0 Å². The fourth-order valence-corrected chi connectivity index (χ4v) is 1.41. The van der Waals surface area contributed by atoms with Gasteiger partial charge in [0.1, 0.15) is 6.04 Å². The summed E-state index contributed by atoms with van der Waals surface area (Å²) in [4.78, 5) is 11.3. The van der Waals surface area contributed by atoms with E-state index in [-0.39, 0.29) is 12.0 Å². The van der Waals surface area contributed by atoms with Gasteiger partial charge < -0.3 is 15.8 Å². The maximum absolute atomic E-state index is 11.3. The highest BCUT2D eigenvalue weighted by molar-refractivity contribution is 5.75. The van der Waals surface area contributed by atoms with Gasteiger partial charge in [0.15, 0.2) is 0 Å². The van der Waals surface area contributed by atoms with Crippen LogP contribution in [0, 0.1) is 0 Å². The molecule has 3 N–H and O–H groups in total. The highest BCUT2D eigenvalue weighted by Gasteiger charge is 2.21. The molecule has 0 spiro atoms. The standard InChI is InChI=1S/C9H18N2O2/c10-5-3-7-13-9(12)8-4-1-2-6-11-8/h8,11H,1-7,10H2. The van der Waals surface area contributed by atoms with E-state index >= 15 is 0 Å². The van der Waals surface area contributed by atoms with Crippen LogP contribution >= 0.6 is 0 Å². The smallest absolute Gasteiger partial charge is 0.323 e. The van der Waals surface area contributed by atoms with E-state index in [2.05, 4.69) is 5.32 Å². The average Bonchev–Trinajstić information content (AvgIpc) is 2.19. The summed E-state index contributed by atoms with van der Waals surface area (Å²) in [5, 5.41) is 3.14. The maximum Gasteiger partial charge on any atom is 0.323 e. The molecule has 0 aromatic rings. The molecule has 0 amide bonds. The summed E-state index contributed by atoms with van der Waals surface area (Å²) in [6.45, 7) is 1.95. The van der Waals surface area contributed by atoms with Crippen molar-refractivity contribution in [3.8, 4) is 0 Å². The molecule has 13 heavy (non-hydrogen) atoms. The molecular weight excluding hydrogens is 168 g/mol. The van der Waals surface area contributed by atoms with Gasteiger partial charge in [0.25, 0.3) is 0 Å². The third-order valence-electron chi connectivity index (χ3n) is 2.19. The van der Waals surface area contributed by atoms with Crippen molar-refractivity contribution < 1.29 is 9.53 Å². The van der Waals surface area contributed by atoms with E-state index in [9.17, 15) is 4.79 Å². The van der Waals surface area contributed by atoms with E-state index in [1.54, 1.807) is 0 Å². The minimum absolute atomic E-state index is 0.0773. The zero-order chi connectivity index (χ0) is 9.52. The van der Waals surface area contributed by atoms with Crippen molar-refractivity contribution in [2.24, 2.45) is 5.73 Å². The second-order valence-electron chi connectivity index (χ2n) is 3.31. The lowest BCUT2D eigenvalue weighted by molar-refractivity contribution is -0.146. The second kappa shape index (κ2) is 5.94. The first-order chi connectivity index (χ1) is 6.34. The molecule has 0 aromatic carbocycles. The Labute approximate surface area is 78.8 Å². The summed E-state index contributed by atoms with van der Waals surface area (Å²) in [6.07, 6.45) is 3.93. The van der Waals surface area contributed by atoms with E-state index in [4.69, 9.17) is 10.5 Å². The molecule has 4 nitrogen and oxygen atoms in total. The highest BCUT2D eigenvalue weighted by atomic mass is 16.5. The lowest BCUT2D eigenvalue weighted by atomic mass is 10.1. The number of rotatable bonds is 4. The molecule has 1 atom stereocenters. The molecule has 0 aliphatic carbocycles. The Morgan fingerprint density at radius 2 is 2.38 bits per heavy atom. The Balaban J connectivity index is 2.13. The topological polar surface area (TPSA) is 64.3 Å². The summed E-state index contributed by atoms with van der Waals surface area (Å²) in [5.74, 6) is -0.117. The average molecular weight is 186 g/mol. The van der Waals surface area contributed by atoms with E-state index in [0.29, 0.717) is 13.2 Å². The lowest BCUT2D eigenvalue weighted by Gasteiger charge is -2.21. The Bertz CT molecular complexity index is 156. The molecule has 1 aliphatic heterocycles. The predicted molar refractivity (Wildman–Crippen MR) is 50.3 cm³/mol. The third kappa shape index (κ3) is 3.74. The minimum Gasteiger partial charge on any atom is -0.464 e. The lowest BCUT2D eigenvalue weighted by Crippen LogP contribution is -2.41. The monoisotopic (exact) mass is 186 g/mol. The van der Waals surface area contributed by atoms with Crippen LogP contribution in [-0.4, -0.2) is 31.7 Å². The zero-order valence-electron chi connectivity index (χ0n) is 7.92. The summed E-state index contributed by atoms with van der Waals surface area (Å²) in [6, 6.07) is -0.0773. The molecule has 1 fully saturated rings. The van der Waals surface area contributed by atoms with Crippen LogP contribution < -0.4 is 11.1 Å². The molecule has 0 radical (unpaired) electrons. The van der Waals surface area contributed by atoms with Crippen molar-refractivity contribution in [1.29, 1.82) is 0 Å². The number of hydrogen-bond donors (Lipinski definition) is 2. The number of nitrogens with one attached hydrogen (secondary N) is 1.